The number of allylic oxidation sites excluding steroid dienone is 4. The van der Waals surface area contributed by atoms with Crippen LogP contribution >= 0.6 is 0 Å². The normalized spacial score (nSPS) is 10.6. The van der Waals surface area contributed by atoms with Gasteiger partial charge in [0.05, 0.1) is 13.2 Å². The fourth-order valence-corrected chi connectivity index (χ4v) is 1.75. The monoisotopic (exact) mass is 292 g/mol. The Bertz CT molecular complexity index is 422. The van der Waals surface area contributed by atoms with Crippen LogP contribution in [0.1, 0.15) is 33.6 Å². The topological polar surface area (TPSA) is 52.6 Å². The van der Waals surface area contributed by atoms with Gasteiger partial charge < -0.3 is 9.47 Å². The van der Waals surface area contributed by atoms with Gasteiger partial charge in [-0.05, 0) is 45.8 Å². The molecule has 0 heterocycles. The highest BCUT2D eigenvalue weighted by Crippen LogP contribution is 2.32. The lowest BCUT2D eigenvalue weighted by Crippen LogP contribution is -2.41. The zero-order valence-electron chi connectivity index (χ0n) is 13.1. The fourth-order valence-electron chi connectivity index (χ4n) is 1.75. The van der Waals surface area contributed by atoms with E-state index in [-0.39, 0.29) is 26.1 Å². The first-order valence-corrected chi connectivity index (χ1v) is 7.06. The molecule has 4 heteroatoms. The molecule has 0 fully saturated rings. The van der Waals surface area contributed by atoms with Crippen molar-refractivity contribution in [3.8, 4) is 0 Å². The van der Waals surface area contributed by atoms with E-state index in [9.17, 15) is 9.59 Å². The summed E-state index contributed by atoms with van der Waals surface area (Å²) >= 11 is 0. The smallest absolute Gasteiger partial charge is 0.324 e. The van der Waals surface area contributed by atoms with Crippen LogP contribution in [0.3, 0.4) is 0 Å². The fraction of sp³-hybridized carbons (Fsp3) is 0.471. The van der Waals surface area contributed by atoms with Crippen LogP contribution in [-0.4, -0.2) is 25.2 Å². The van der Waals surface area contributed by atoms with Crippen LogP contribution in [0.4, 0.5) is 0 Å². The number of carbonyl (C=O) groups excluding carboxylic acids is 2. The summed E-state index contributed by atoms with van der Waals surface area (Å²) in [6, 6.07) is 0. The van der Waals surface area contributed by atoms with E-state index in [1.165, 1.54) is 0 Å². The molecule has 0 aromatic carbocycles. The van der Waals surface area contributed by atoms with E-state index in [0.717, 1.165) is 0 Å². The number of rotatable bonds is 9. The lowest BCUT2D eigenvalue weighted by molar-refractivity contribution is -0.171. The SMILES string of the molecule is C=C/C=C/CC(CC=C=CC)(C(=O)OCC)C(=O)OCC. The zero-order valence-corrected chi connectivity index (χ0v) is 13.1. The molecule has 0 unspecified atom stereocenters. The molecular formula is C17H24O4. The van der Waals surface area contributed by atoms with Crippen LogP contribution < -0.4 is 0 Å². The molecule has 0 aromatic rings. The molecule has 0 N–H and O–H groups in total. The van der Waals surface area contributed by atoms with Crippen molar-refractivity contribution in [2.45, 2.75) is 33.6 Å². The van der Waals surface area contributed by atoms with Crippen LogP contribution in [0.25, 0.3) is 0 Å². The highest BCUT2D eigenvalue weighted by atomic mass is 16.6. The van der Waals surface area contributed by atoms with Crippen LogP contribution in [0.2, 0.25) is 0 Å². The van der Waals surface area contributed by atoms with Crippen molar-refractivity contribution in [1.29, 1.82) is 0 Å². The molecule has 4 nitrogen and oxygen atoms in total. The molecule has 0 atom stereocenters. The van der Waals surface area contributed by atoms with Gasteiger partial charge in [0.25, 0.3) is 0 Å². The van der Waals surface area contributed by atoms with Crippen molar-refractivity contribution >= 4 is 11.9 Å². The van der Waals surface area contributed by atoms with E-state index in [1.54, 1.807) is 44.2 Å². The summed E-state index contributed by atoms with van der Waals surface area (Å²) in [7, 11) is 0. The second kappa shape index (κ2) is 10.7. The van der Waals surface area contributed by atoms with Crippen molar-refractivity contribution in [2.24, 2.45) is 5.41 Å². The van der Waals surface area contributed by atoms with Crippen molar-refractivity contribution < 1.29 is 19.1 Å². The van der Waals surface area contributed by atoms with Gasteiger partial charge in [-0.15, -0.1) is 5.73 Å². The van der Waals surface area contributed by atoms with E-state index < -0.39 is 17.4 Å². The summed E-state index contributed by atoms with van der Waals surface area (Å²) in [5.41, 5.74) is 1.50. The van der Waals surface area contributed by atoms with Gasteiger partial charge in [-0.2, -0.15) is 0 Å². The average molecular weight is 292 g/mol. The first-order valence-electron chi connectivity index (χ1n) is 7.06. The Morgan fingerprint density at radius 1 is 1.14 bits per heavy atom. The third-order valence-corrected chi connectivity index (χ3v) is 2.81. The van der Waals surface area contributed by atoms with Crippen LogP contribution in [-0.2, 0) is 19.1 Å². The number of carbonyl (C=O) groups is 2. The van der Waals surface area contributed by atoms with Gasteiger partial charge in [-0.1, -0.05) is 24.8 Å². The van der Waals surface area contributed by atoms with Crippen molar-refractivity contribution in [1.82, 2.24) is 0 Å². The average Bonchev–Trinajstić information content (AvgIpc) is 2.46. The van der Waals surface area contributed by atoms with Crippen molar-refractivity contribution in [2.75, 3.05) is 13.2 Å². The molecule has 0 bridgehead atoms. The highest BCUT2D eigenvalue weighted by Gasteiger charge is 2.47. The van der Waals surface area contributed by atoms with Gasteiger partial charge in [-0.25, -0.2) is 0 Å². The molecule has 0 aromatic heterocycles. The Morgan fingerprint density at radius 2 is 1.71 bits per heavy atom. The largest absolute Gasteiger partial charge is 0.465 e. The second-order valence-corrected chi connectivity index (χ2v) is 4.25. The minimum absolute atomic E-state index is 0.177. The molecule has 116 valence electrons. The Morgan fingerprint density at radius 3 is 2.14 bits per heavy atom. The summed E-state index contributed by atoms with van der Waals surface area (Å²) < 4.78 is 10.2. The van der Waals surface area contributed by atoms with Gasteiger partial charge in [0.1, 0.15) is 0 Å². The first kappa shape index (κ1) is 18.9. The van der Waals surface area contributed by atoms with Crippen LogP contribution in [0, 0.1) is 5.41 Å². The quantitative estimate of drug-likeness (QED) is 0.283. The molecule has 0 aliphatic heterocycles. The molecule has 0 aliphatic rings. The maximum Gasteiger partial charge on any atom is 0.324 e. The molecule has 0 saturated heterocycles. The Balaban J connectivity index is 5.60. The molecule has 0 amide bonds. The third-order valence-electron chi connectivity index (χ3n) is 2.81. The number of hydrogen-bond donors (Lipinski definition) is 0. The molecule has 0 rings (SSSR count). The summed E-state index contributed by atoms with van der Waals surface area (Å²) in [6.07, 6.45) is 8.71. The van der Waals surface area contributed by atoms with Crippen molar-refractivity contribution in [3.63, 3.8) is 0 Å². The highest BCUT2D eigenvalue weighted by molar-refractivity contribution is 6.00. The minimum Gasteiger partial charge on any atom is -0.465 e. The molecule has 0 spiro atoms. The summed E-state index contributed by atoms with van der Waals surface area (Å²) in [5.74, 6) is -1.15. The summed E-state index contributed by atoms with van der Waals surface area (Å²) in [5, 5.41) is 0. The van der Waals surface area contributed by atoms with E-state index in [1.807, 2.05) is 6.92 Å². The Hall–Kier alpha value is -2.06. The third kappa shape index (κ3) is 5.84. The van der Waals surface area contributed by atoms with E-state index in [0.29, 0.717) is 0 Å². The lowest BCUT2D eigenvalue weighted by atomic mass is 9.80. The molecule has 21 heavy (non-hydrogen) atoms. The standard InChI is InChI=1S/C17H24O4/c1-5-9-11-13-17(14-12-10-6-2,15(18)20-7-3)16(19)21-8-4/h5-6,9,11-12H,1,7-8,13-14H2,2-4H3/b11-9+. The number of esters is 2. The van der Waals surface area contributed by atoms with Crippen LogP contribution in [0.5, 0.6) is 0 Å². The van der Waals surface area contributed by atoms with Crippen LogP contribution in [0.15, 0.2) is 42.7 Å². The van der Waals surface area contributed by atoms with E-state index in [2.05, 4.69) is 12.3 Å². The molecule has 0 radical (unpaired) electrons. The Labute approximate surface area is 126 Å². The molecule has 0 saturated carbocycles. The maximum absolute atomic E-state index is 12.3. The predicted octanol–water partition coefficient (Wildman–Crippen LogP) is 3.35. The second-order valence-electron chi connectivity index (χ2n) is 4.25. The summed E-state index contributed by atoms with van der Waals surface area (Å²) in [4.78, 5) is 24.7. The molecular weight excluding hydrogens is 268 g/mol. The summed E-state index contributed by atoms with van der Waals surface area (Å²) in [6.45, 7) is 9.20. The lowest BCUT2D eigenvalue weighted by Gasteiger charge is -2.26. The van der Waals surface area contributed by atoms with Gasteiger partial charge in [0, 0.05) is 0 Å². The minimum atomic E-state index is -1.37. The van der Waals surface area contributed by atoms with Gasteiger partial charge in [0.15, 0.2) is 5.41 Å². The number of hydrogen-bond acceptors (Lipinski definition) is 4. The zero-order chi connectivity index (χ0) is 16.1. The first-order chi connectivity index (χ1) is 10.1. The van der Waals surface area contributed by atoms with E-state index in [4.69, 9.17) is 9.47 Å². The van der Waals surface area contributed by atoms with Gasteiger partial charge in [0.2, 0.25) is 0 Å². The van der Waals surface area contributed by atoms with Gasteiger partial charge in [-0.3, -0.25) is 9.59 Å². The van der Waals surface area contributed by atoms with Gasteiger partial charge >= 0.3 is 11.9 Å². The number of ether oxygens (including phenoxy) is 2. The maximum atomic E-state index is 12.3. The van der Waals surface area contributed by atoms with E-state index >= 15 is 0 Å². The molecule has 0 aliphatic carbocycles. The predicted molar refractivity (Wildman–Crippen MR) is 82.6 cm³/mol. The van der Waals surface area contributed by atoms with Crippen molar-refractivity contribution in [3.05, 3.63) is 42.7 Å². The Kier molecular flexibility index (Phi) is 9.65.